The van der Waals surface area contributed by atoms with E-state index in [2.05, 4.69) is 11.1 Å². The maximum Gasteiger partial charge on any atom is 0.123 e. The summed E-state index contributed by atoms with van der Waals surface area (Å²) in [4.78, 5) is 3.21. The van der Waals surface area contributed by atoms with Gasteiger partial charge in [-0.3, -0.25) is 0 Å². The second kappa shape index (κ2) is 4.58. The second-order valence-corrected chi connectivity index (χ2v) is 4.38. The number of H-pyrrole nitrogens is 1. The average Bonchev–Trinajstić information content (AvgIpc) is 2.84. The summed E-state index contributed by atoms with van der Waals surface area (Å²) in [5, 5.41) is 9.85. The zero-order chi connectivity index (χ0) is 13.2. The fourth-order valence-electron chi connectivity index (χ4n) is 2.31. The fraction of sp³-hybridized carbons (Fsp3) is 0.0625. The summed E-state index contributed by atoms with van der Waals surface area (Å²) in [5.41, 5.74) is 3.94. The summed E-state index contributed by atoms with van der Waals surface area (Å²) in [5.74, 6) is -0.243. The Morgan fingerprint density at radius 1 is 1.11 bits per heavy atom. The number of nitrogens with one attached hydrogen (secondary N) is 1. The van der Waals surface area contributed by atoms with Crippen LogP contribution >= 0.6 is 0 Å². The van der Waals surface area contributed by atoms with Crippen molar-refractivity contribution in [2.45, 2.75) is 6.42 Å². The van der Waals surface area contributed by atoms with Crippen LogP contribution in [-0.2, 0) is 6.42 Å². The van der Waals surface area contributed by atoms with Gasteiger partial charge in [0, 0.05) is 17.1 Å². The number of nitriles is 1. The van der Waals surface area contributed by atoms with Gasteiger partial charge >= 0.3 is 0 Å². The Morgan fingerprint density at radius 3 is 2.63 bits per heavy atom. The van der Waals surface area contributed by atoms with Crippen molar-refractivity contribution in [2.75, 3.05) is 0 Å². The number of fused-ring (bicyclic) bond motifs is 1. The van der Waals surface area contributed by atoms with Crippen molar-refractivity contribution < 1.29 is 4.39 Å². The zero-order valence-corrected chi connectivity index (χ0v) is 10.2. The molecule has 0 unspecified atom stereocenters. The van der Waals surface area contributed by atoms with Gasteiger partial charge < -0.3 is 4.98 Å². The van der Waals surface area contributed by atoms with Gasteiger partial charge in [0.2, 0.25) is 0 Å². The maximum absolute atomic E-state index is 13.0. The van der Waals surface area contributed by atoms with Crippen molar-refractivity contribution in [3.8, 4) is 17.2 Å². The molecule has 3 heteroatoms. The van der Waals surface area contributed by atoms with E-state index in [-0.39, 0.29) is 5.82 Å². The van der Waals surface area contributed by atoms with Crippen LogP contribution < -0.4 is 0 Å². The van der Waals surface area contributed by atoms with Crippen LogP contribution in [0.3, 0.4) is 0 Å². The molecule has 0 aliphatic rings. The first kappa shape index (κ1) is 11.5. The lowest BCUT2D eigenvalue weighted by molar-refractivity contribution is 0.628. The highest BCUT2D eigenvalue weighted by molar-refractivity contribution is 5.96. The molecule has 19 heavy (non-hydrogen) atoms. The molecule has 0 saturated heterocycles. The largest absolute Gasteiger partial charge is 0.360 e. The summed E-state index contributed by atoms with van der Waals surface area (Å²) in [6.45, 7) is 0. The van der Waals surface area contributed by atoms with Gasteiger partial charge in [-0.15, -0.1) is 0 Å². The van der Waals surface area contributed by atoms with E-state index in [1.54, 1.807) is 12.1 Å². The van der Waals surface area contributed by atoms with Crippen LogP contribution in [-0.4, -0.2) is 4.98 Å². The summed E-state index contributed by atoms with van der Waals surface area (Å²) in [7, 11) is 0. The third-order valence-corrected chi connectivity index (χ3v) is 3.23. The number of hydrogen-bond donors (Lipinski definition) is 1. The van der Waals surface area contributed by atoms with E-state index in [1.807, 2.05) is 24.4 Å². The highest BCUT2D eigenvalue weighted by Crippen LogP contribution is 2.29. The molecule has 0 saturated carbocycles. The smallest absolute Gasteiger partial charge is 0.123 e. The van der Waals surface area contributed by atoms with Crippen molar-refractivity contribution in [3.05, 3.63) is 60.0 Å². The molecule has 92 valence electrons. The standard InChI is InChI=1S/C16H11FN2/c17-13-6-4-11(5-7-13)14-2-1-3-15-12(8-9-18)10-19-16(14)15/h1-7,10,19H,8H2. The van der Waals surface area contributed by atoms with Crippen LogP contribution in [0.2, 0.25) is 0 Å². The Labute approximate surface area is 110 Å². The molecule has 0 aliphatic carbocycles. The Balaban J connectivity index is 2.20. The Bertz CT molecular complexity index is 764. The van der Waals surface area contributed by atoms with Gasteiger partial charge in [0.05, 0.1) is 18.0 Å². The first-order chi connectivity index (χ1) is 9.29. The van der Waals surface area contributed by atoms with Crippen LogP contribution in [0.5, 0.6) is 0 Å². The predicted molar refractivity (Wildman–Crippen MR) is 73.0 cm³/mol. The Morgan fingerprint density at radius 2 is 1.89 bits per heavy atom. The minimum atomic E-state index is -0.243. The molecule has 0 aliphatic heterocycles. The Hall–Kier alpha value is -2.60. The first-order valence-corrected chi connectivity index (χ1v) is 6.01. The van der Waals surface area contributed by atoms with Gasteiger partial charge in [0.15, 0.2) is 0 Å². The summed E-state index contributed by atoms with van der Waals surface area (Å²) < 4.78 is 13.0. The zero-order valence-electron chi connectivity index (χ0n) is 10.2. The van der Waals surface area contributed by atoms with Crippen molar-refractivity contribution in [1.29, 1.82) is 5.26 Å². The molecule has 2 nitrogen and oxygen atoms in total. The van der Waals surface area contributed by atoms with Crippen molar-refractivity contribution in [2.24, 2.45) is 0 Å². The molecular weight excluding hydrogens is 239 g/mol. The molecule has 3 rings (SSSR count). The third-order valence-electron chi connectivity index (χ3n) is 3.23. The molecule has 0 spiro atoms. The molecule has 1 aromatic heterocycles. The lowest BCUT2D eigenvalue weighted by Gasteiger charge is -2.04. The van der Waals surface area contributed by atoms with Crippen LogP contribution in [0, 0.1) is 17.1 Å². The quantitative estimate of drug-likeness (QED) is 0.732. The summed E-state index contributed by atoms with van der Waals surface area (Å²) in [6.07, 6.45) is 2.24. The van der Waals surface area contributed by atoms with Crippen LogP contribution in [0.25, 0.3) is 22.0 Å². The number of rotatable bonds is 2. The highest BCUT2D eigenvalue weighted by Gasteiger charge is 2.08. The van der Waals surface area contributed by atoms with E-state index in [0.717, 1.165) is 27.6 Å². The van der Waals surface area contributed by atoms with E-state index < -0.39 is 0 Å². The van der Waals surface area contributed by atoms with E-state index in [0.29, 0.717) is 6.42 Å². The van der Waals surface area contributed by atoms with Crippen LogP contribution in [0.15, 0.2) is 48.7 Å². The molecule has 2 aromatic carbocycles. The first-order valence-electron chi connectivity index (χ1n) is 6.01. The van der Waals surface area contributed by atoms with E-state index in [1.165, 1.54) is 12.1 Å². The molecule has 0 bridgehead atoms. The van der Waals surface area contributed by atoms with E-state index in [9.17, 15) is 4.39 Å². The molecular formula is C16H11FN2. The highest BCUT2D eigenvalue weighted by atomic mass is 19.1. The summed E-state index contributed by atoms with van der Waals surface area (Å²) in [6, 6.07) is 14.5. The Kier molecular flexibility index (Phi) is 2.77. The SMILES string of the molecule is N#CCc1c[nH]c2c(-c3ccc(F)cc3)cccc12. The van der Waals surface area contributed by atoms with Gasteiger partial charge in [-0.1, -0.05) is 30.3 Å². The molecule has 0 radical (unpaired) electrons. The number of aromatic amines is 1. The normalized spacial score (nSPS) is 10.5. The van der Waals surface area contributed by atoms with E-state index >= 15 is 0 Å². The minimum absolute atomic E-state index is 0.243. The molecule has 0 atom stereocenters. The lowest BCUT2D eigenvalue weighted by atomic mass is 10.0. The number of hydrogen-bond acceptors (Lipinski definition) is 1. The molecule has 1 N–H and O–H groups in total. The maximum atomic E-state index is 13.0. The molecule has 0 amide bonds. The molecule has 3 aromatic rings. The number of halogens is 1. The second-order valence-electron chi connectivity index (χ2n) is 4.38. The van der Waals surface area contributed by atoms with Crippen LogP contribution in [0.1, 0.15) is 5.56 Å². The van der Waals surface area contributed by atoms with Gasteiger partial charge in [-0.25, -0.2) is 4.39 Å². The van der Waals surface area contributed by atoms with Gasteiger partial charge in [0.1, 0.15) is 5.82 Å². The lowest BCUT2D eigenvalue weighted by Crippen LogP contribution is -1.82. The fourth-order valence-corrected chi connectivity index (χ4v) is 2.31. The number of aromatic nitrogens is 1. The number of nitrogens with zero attached hydrogens (tertiary/aromatic N) is 1. The average molecular weight is 250 g/mol. The molecule has 0 fully saturated rings. The van der Waals surface area contributed by atoms with Crippen molar-refractivity contribution in [3.63, 3.8) is 0 Å². The van der Waals surface area contributed by atoms with Crippen LogP contribution in [0.4, 0.5) is 4.39 Å². The van der Waals surface area contributed by atoms with E-state index in [4.69, 9.17) is 5.26 Å². The van der Waals surface area contributed by atoms with Crippen molar-refractivity contribution in [1.82, 2.24) is 4.98 Å². The van der Waals surface area contributed by atoms with Gasteiger partial charge in [-0.2, -0.15) is 5.26 Å². The molecule has 1 heterocycles. The van der Waals surface area contributed by atoms with Gasteiger partial charge in [0.25, 0.3) is 0 Å². The third kappa shape index (κ3) is 1.98. The topological polar surface area (TPSA) is 39.6 Å². The van der Waals surface area contributed by atoms with Crippen molar-refractivity contribution >= 4 is 10.9 Å². The monoisotopic (exact) mass is 250 g/mol. The predicted octanol–water partition coefficient (Wildman–Crippen LogP) is 4.04. The summed E-state index contributed by atoms with van der Waals surface area (Å²) >= 11 is 0. The number of para-hydroxylation sites is 1. The minimum Gasteiger partial charge on any atom is -0.360 e. The van der Waals surface area contributed by atoms with Gasteiger partial charge in [-0.05, 0) is 23.3 Å². The number of benzene rings is 2.